The van der Waals surface area contributed by atoms with Gasteiger partial charge < -0.3 is 15.0 Å². The molecule has 0 heterocycles. The second-order valence-electron chi connectivity index (χ2n) is 9.67. The van der Waals surface area contributed by atoms with Crippen molar-refractivity contribution in [2.75, 3.05) is 18.0 Å². The number of carbonyl (C=O) groups is 2. The van der Waals surface area contributed by atoms with Crippen LogP contribution < -0.4 is 14.4 Å². The molecule has 0 saturated heterocycles. The zero-order chi connectivity index (χ0) is 29.4. The number of hydrogen-bond donors (Lipinski definition) is 1. The highest BCUT2D eigenvalue weighted by molar-refractivity contribution is 9.10. The van der Waals surface area contributed by atoms with Crippen LogP contribution in [0, 0.1) is 6.92 Å². The lowest BCUT2D eigenvalue weighted by Gasteiger charge is -2.32. The van der Waals surface area contributed by atoms with Gasteiger partial charge in [0.25, 0.3) is 10.0 Å². The predicted molar refractivity (Wildman–Crippen MR) is 161 cm³/mol. The van der Waals surface area contributed by atoms with Crippen molar-refractivity contribution < 1.29 is 22.7 Å². The van der Waals surface area contributed by atoms with Crippen LogP contribution in [0.5, 0.6) is 5.75 Å². The lowest BCUT2D eigenvalue weighted by atomic mass is 10.1. The van der Waals surface area contributed by atoms with Crippen molar-refractivity contribution >= 4 is 43.5 Å². The van der Waals surface area contributed by atoms with Gasteiger partial charge in [-0.25, -0.2) is 8.42 Å². The summed E-state index contributed by atoms with van der Waals surface area (Å²) < 4.78 is 35.1. The highest BCUT2D eigenvalue weighted by Crippen LogP contribution is 2.28. The zero-order valence-electron chi connectivity index (χ0n) is 23.4. The summed E-state index contributed by atoms with van der Waals surface area (Å²) >= 11 is 3.42. The summed E-state index contributed by atoms with van der Waals surface area (Å²) in [5.41, 5.74) is 1.98. The van der Waals surface area contributed by atoms with Crippen molar-refractivity contribution in [3.05, 3.63) is 88.4 Å². The summed E-state index contributed by atoms with van der Waals surface area (Å²) in [4.78, 5) is 28.6. The summed E-state index contributed by atoms with van der Waals surface area (Å²) in [6.45, 7) is 6.98. The number of anilines is 1. The molecule has 0 aliphatic heterocycles. The molecule has 3 rings (SSSR count). The van der Waals surface area contributed by atoms with Crippen LogP contribution >= 0.6 is 15.9 Å². The molecule has 3 aromatic carbocycles. The Morgan fingerprint density at radius 1 is 1.00 bits per heavy atom. The van der Waals surface area contributed by atoms with Crippen LogP contribution in [0.3, 0.4) is 0 Å². The minimum absolute atomic E-state index is 0.0516. The van der Waals surface area contributed by atoms with Crippen LogP contribution in [0.4, 0.5) is 5.69 Å². The molecule has 0 radical (unpaired) electrons. The number of carbonyl (C=O) groups excluding carboxylic acids is 2. The molecule has 2 amide bonds. The molecule has 40 heavy (non-hydrogen) atoms. The Kier molecular flexibility index (Phi) is 10.8. The van der Waals surface area contributed by atoms with Crippen LogP contribution in [0.1, 0.15) is 38.3 Å². The van der Waals surface area contributed by atoms with E-state index in [1.54, 1.807) is 43.3 Å². The molecule has 8 nitrogen and oxygen atoms in total. The van der Waals surface area contributed by atoms with E-state index in [1.807, 2.05) is 45.0 Å². The number of sulfonamides is 1. The average Bonchev–Trinajstić information content (AvgIpc) is 2.95. The van der Waals surface area contributed by atoms with Crippen molar-refractivity contribution in [1.29, 1.82) is 0 Å². The smallest absolute Gasteiger partial charge is 0.264 e. The van der Waals surface area contributed by atoms with Gasteiger partial charge in [-0.3, -0.25) is 13.9 Å². The summed E-state index contributed by atoms with van der Waals surface area (Å²) in [7, 11) is -2.66. The first-order chi connectivity index (χ1) is 19.0. The first kappa shape index (κ1) is 31.2. The van der Waals surface area contributed by atoms with Gasteiger partial charge in [-0.1, -0.05) is 58.7 Å². The molecule has 0 fully saturated rings. The second kappa shape index (κ2) is 13.8. The van der Waals surface area contributed by atoms with Crippen LogP contribution in [-0.2, 0) is 26.2 Å². The Morgan fingerprint density at radius 3 is 2.25 bits per heavy atom. The molecule has 10 heteroatoms. The quantitative estimate of drug-likeness (QED) is 0.294. The minimum atomic E-state index is -4.15. The van der Waals surface area contributed by atoms with Crippen LogP contribution in [0.15, 0.2) is 82.2 Å². The van der Waals surface area contributed by atoms with E-state index in [0.29, 0.717) is 5.75 Å². The highest BCUT2D eigenvalue weighted by Gasteiger charge is 2.33. The highest BCUT2D eigenvalue weighted by atomic mass is 79.9. The van der Waals surface area contributed by atoms with E-state index in [9.17, 15) is 18.0 Å². The number of rotatable bonds is 12. The van der Waals surface area contributed by atoms with E-state index in [2.05, 4.69) is 21.2 Å². The van der Waals surface area contributed by atoms with Crippen LogP contribution in [0.25, 0.3) is 0 Å². The van der Waals surface area contributed by atoms with Crippen molar-refractivity contribution in [3.63, 3.8) is 0 Å². The molecule has 0 saturated carbocycles. The standard InChI is InChI=1S/C30H36BrN3O5S/c1-6-22(3)32-30(36)23(4)33(19-24-12-14-25(31)15-13-24)29(35)20-34(26-8-7-9-27(18-26)39-5)40(37,38)28-16-10-21(2)11-17-28/h7-18,22-23H,6,19-20H2,1-5H3,(H,32,36)/t22-,23-/m0/s1. The zero-order valence-corrected chi connectivity index (χ0v) is 25.8. The number of methoxy groups -OCH3 is 1. The topological polar surface area (TPSA) is 96.0 Å². The van der Waals surface area contributed by atoms with Gasteiger partial charge in [0.05, 0.1) is 17.7 Å². The number of benzene rings is 3. The second-order valence-corrected chi connectivity index (χ2v) is 12.4. The maximum Gasteiger partial charge on any atom is 0.264 e. The molecule has 0 bridgehead atoms. The molecular weight excluding hydrogens is 594 g/mol. The molecule has 0 aliphatic rings. The van der Waals surface area contributed by atoms with E-state index in [4.69, 9.17) is 4.74 Å². The molecule has 2 atom stereocenters. The number of nitrogens with one attached hydrogen (secondary N) is 1. The number of nitrogens with zero attached hydrogens (tertiary/aromatic N) is 2. The Hall–Kier alpha value is -3.37. The molecule has 0 unspecified atom stereocenters. The van der Waals surface area contributed by atoms with Crippen molar-refractivity contribution in [2.45, 2.75) is 57.6 Å². The van der Waals surface area contributed by atoms with Gasteiger partial charge in [-0.05, 0) is 69.2 Å². The minimum Gasteiger partial charge on any atom is -0.497 e. The third-order valence-electron chi connectivity index (χ3n) is 6.66. The summed E-state index contributed by atoms with van der Waals surface area (Å²) in [5.74, 6) is -0.385. The summed E-state index contributed by atoms with van der Waals surface area (Å²) in [6, 6.07) is 19.5. The van der Waals surface area contributed by atoms with Crippen molar-refractivity contribution in [3.8, 4) is 5.75 Å². The Bertz CT molecular complexity index is 1410. The van der Waals surface area contributed by atoms with Crippen molar-refractivity contribution in [2.24, 2.45) is 0 Å². The van der Waals surface area contributed by atoms with Gasteiger partial charge in [0.2, 0.25) is 11.8 Å². The largest absolute Gasteiger partial charge is 0.497 e. The van der Waals surface area contributed by atoms with E-state index < -0.39 is 28.5 Å². The predicted octanol–water partition coefficient (Wildman–Crippen LogP) is 5.29. The molecule has 1 N–H and O–H groups in total. The monoisotopic (exact) mass is 629 g/mol. The first-order valence-corrected chi connectivity index (χ1v) is 15.3. The molecule has 0 spiro atoms. The Morgan fingerprint density at radius 2 is 1.65 bits per heavy atom. The lowest BCUT2D eigenvalue weighted by Crippen LogP contribution is -2.52. The molecule has 0 aromatic heterocycles. The van der Waals surface area contributed by atoms with E-state index in [-0.39, 0.29) is 29.1 Å². The maximum atomic E-state index is 14.0. The van der Waals surface area contributed by atoms with Gasteiger partial charge in [-0.2, -0.15) is 0 Å². The van der Waals surface area contributed by atoms with Crippen LogP contribution in [0.2, 0.25) is 0 Å². The molecule has 3 aromatic rings. The third kappa shape index (κ3) is 7.85. The fraction of sp³-hybridized carbons (Fsp3) is 0.333. The van der Waals surface area contributed by atoms with Crippen LogP contribution in [-0.4, -0.2) is 50.9 Å². The Balaban J connectivity index is 2.04. The van der Waals surface area contributed by atoms with Gasteiger partial charge in [-0.15, -0.1) is 0 Å². The maximum absolute atomic E-state index is 14.0. The third-order valence-corrected chi connectivity index (χ3v) is 8.98. The van der Waals surface area contributed by atoms with E-state index in [0.717, 1.165) is 26.3 Å². The molecule has 0 aliphatic carbocycles. The van der Waals surface area contributed by atoms with Crippen molar-refractivity contribution in [1.82, 2.24) is 10.2 Å². The number of amides is 2. The number of aryl methyl sites for hydroxylation is 1. The van der Waals surface area contributed by atoms with Gasteiger partial charge in [0.15, 0.2) is 0 Å². The van der Waals surface area contributed by atoms with E-state index in [1.165, 1.54) is 24.1 Å². The number of ether oxygens (including phenoxy) is 1. The van der Waals surface area contributed by atoms with Gasteiger partial charge >= 0.3 is 0 Å². The van der Waals surface area contributed by atoms with Gasteiger partial charge in [0.1, 0.15) is 18.3 Å². The SMILES string of the molecule is CC[C@H](C)NC(=O)[C@H](C)N(Cc1ccc(Br)cc1)C(=O)CN(c1cccc(OC)c1)S(=O)(=O)c1ccc(C)cc1. The first-order valence-electron chi connectivity index (χ1n) is 13.0. The Labute approximate surface area is 245 Å². The fourth-order valence-corrected chi connectivity index (χ4v) is 5.64. The summed E-state index contributed by atoms with van der Waals surface area (Å²) in [5, 5.41) is 2.93. The average molecular weight is 631 g/mol. The molecular formula is C30H36BrN3O5S. The summed E-state index contributed by atoms with van der Waals surface area (Å²) in [6.07, 6.45) is 0.734. The lowest BCUT2D eigenvalue weighted by molar-refractivity contribution is -0.139. The molecule has 214 valence electrons. The normalized spacial score (nSPS) is 12.8. The van der Waals surface area contributed by atoms with E-state index >= 15 is 0 Å². The fourth-order valence-electron chi connectivity index (χ4n) is 3.97. The number of halogens is 1. The van der Waals surface area contributed by atoms with Gasteiger partial charge in [0, 0.05) is 23.1 Å². The number of hydrogen-bond acceptors (Lipinski definition) is 5.